The number of aliphatic imine (C=N–C) groups is 1. The van der Waals surface area contributed by atoms with Crippen LogP contribution in [0.25, 0.3) is 0 Å². The molecule has 2 N–H and O–H groups in total. The quantitative estimate of drug-likeness (QED) is 0.388. The Balaban J connectivity index is 2.58. The summed E-state index contributed by atoms with van der Waals surface area (Å²) in [5, 5.41) is 5.87. The number of amides is 1. The Hall–Kier alpha value is -2.45. The normalized spacial score (nSPS) is 11.9. The van der Waals surface area contributed by atoms with E-state index in [-0.39, 0.29) is 18.9 Å². The fourth-order valence-electron chi connectivity index (χ4n) is 2.05. The van der Waals surface area contributed by atoms with Crippen molar-refractivity contribution in [1.82, 2.24) is 15.5 Å². The third kappa shape index (κ3) is 10.3. The Kier molecular flexibility index (Phi) is 9.46. The molecule has 1 rings (SSSR count). The molecule has 0 saturated carbocycles. The van der Waals surface area contributed by atoms with Crippen molar-refractivity contribution in [3.63, 3.8) is 0 Å². The molecule has 0 bridgehead atoms. The summed E-state index contributed by atoms with van der Waals surface area (Å²) in [6, 6.07) is 7.37. The van der Waals surface area contributed by atoms with Crippen molar-refractivity contribution in [1.29, 1.82) is 0 Å². The van der Waals surface area contributed by atoms with Crippen LogP contribution in [0.4, 0.5) is 13.2 Å². The molecule has 0 atom stereocenters. The number of unbranched alkanes of at least 4 members (excludes halogenated alkanes) is 1. The number of benzene rings is 1. The highest BCUT2D eigenvalue weighted by Gasteiger charge is 2.25. The molecule has 1 amide bonds. The molecule has 27 heavy (non-hydrogen) atoms. The molecule has 0 aliphatic carbocycles. The van der Waals surface area contributed by atoms with E-state index >= 15 is 0 Å². The number of carbonyl (C=O) groups is 1. The van der Waals surface area contributed by atoms with E-state index in [1.807, 2.05) is 24.3 Å². The van der Waals surface area contributed by atoms with E-state index in [1.165, 1.54) is 4.90 Å². The predicted octanol–water partition coefficient (Wildman–Crippen LogP) is 2.55. The Morgan fingerprint density at radius 3 is 2.37 bits per heavy atom. The zero-order chi connectivity index (χ0) is 20.3. The van der Waals surface area contributed by atoms with Gasteiger partial charge in [0.1, 0.15) is 5.75 Å². The van der Waals surface area contributed by atoms with Crippen LogP contribution in [0.2, 0.25) is 0 Å². The summed E-state index contributed by atoms with van der Waals surface area (Å²) < 4.78 is 41.6. The molecule has 0 radical (unpaired) electrons. The predicted molar refractivity (Wildman–Crippen MR) is 98.7 cm³/mol. The maximum Gasteiger partial charge on any atom is 0.389 e. The number of likely N-dealkylation sites (N-methyl/N-ethyl adjacent to an activating group) is 1. The Morgan fingerprint density at radius 2 is 1.81 bits per heavy atom. The first kappa shape index (κ1) is 22.6. The first-order valence-electron chi connectivity index (χ1n) is 8.63. The van der Waals surface area contributed by atoms with Gasteiger partial charge in [-0.3, -0.25) is 4.79 Å². The molecule has 1 aromatic rings. The highest BCUT2D eigenvalue weighted by atomic mass is 19.4. The minimum Gasteiger partial charge on any atom is -0.497 e. The minimum atomic E-state index is -4.14. The molecule has 0 fully saturated rings. The monoisotopic (exact) mass is 388 g/mol. The lowest BCUT2D eigenvalue weighted by Crippen LogP contribution is -2.43. The topological polar surface area (TPSA) is 66.0 Å². The maximum atomic E-state index is 12.2. The summed E-state index contributed by atoms with van der Waals surface area (Å²) in [5.41, 5.74) is 0.938. The van der Waals surface area contributed by atoms with Crippen molar-refractivity contribution in [3.05, 3.63) is 29.8 Å². The van der Waals surface area contributed by atoms with Crippen LogP contribution >= 0.6 is 0 Å². The van der Waals surface area contributed by atoms with E-state index in [2.05, 4.69) is 15.6 Å². The summed E-state index contributed by atoms with van der Waals surface area (Å²) in [6.45, 7) is 0.739. The number of hydrogen-bond acceptors (Lipinski definition) is 3. The van der Waals surface area contributed by atoms with Crippen LogP contribution in [0.15, 0.2) is 29.3 Å². The molecule has 0 aromatic heterocycles. The fraction of sp³-hybridized carbons (Fsp3) is 0.556. The number of carbonyl (C=O) groups excluding carboxylic acids is 1. The second-order valence-electron chi connectivity index (χ2n) is 6.15. The Labute approximate surface area is 157 Å². The molecular formula is C18H27F3N4O2. The highest BCUT2D eigenvalue weighted by Crippen LogP contribution is 2.21. The number of hydrogen-bond donors (Lipinski definition) is 2. The lowest BCUT2D eigenvalue weighted by Gasteiger charge is -2.15. The Morgan fingerprint density at radius 1 is 1.15 bits per heavy atom. The molecule has 0 saturated heterocycles. The number of ether oxygens (including phenoxy) is 1. The summed E-state index contributed by atoms with van der Waals surface area (Å²) in [6.07, 6.45) is -4.55. The summed E-state index contributed by atoms with van der Waals surface area (Å²) in [5.74, 6) is 0.986. The van der Waals surface area contributed by atoms with Crippen molar-refractivity contribution in [2.75, 3.05) is 34.3 Å². The zero-order valence-corrected chi connectivity index (χ0v) is 15.9. The van der Waals surface area contributed by atoms with E-state index in [0.717, 1.165) is 11.3 Å². The lowest BCUT2D eigenvalue weighted by molar-refractivity contribution is -0.135. The van der Waals surface area contributed by atoms with E-state index in [9.17, 15) is 18.0 Å². The van der Waals surface area contributed by atoms with Gasteiger partial charge in [-0.05, 0) is 30.5 Å². The van der Waals surface area contributed by atoms with Crippen LogP contribution in [-0.2, 0) is 11.3 Å². The molecule has 152 valence electrons. The first-order chi connectivity index (χ1) is 12.7. The maximum absolute atomic E-state index is 12.2. The number of halogens is 3. The van der Waals surface area contributed by atoms with Gasteiger partial charge in [-0.15, -0.1) is 0 Å². The van der Waals surface area contributed by atoms with Crippen LogP contribution < -0.4 is 15.4 Å². The molecule has 0 aliphatic rings. The van der Waals surface area contributed by atoms with Crippen LogP contribution in [0.1, 0.15) is 24.8 Å². The number of guanidine groups is 1. The van der Waals surface area contributed by atoms with Gasteiger partial charge in [0.15, 0.2) is 5.96 Å². The zero-order valence-electron chi connectivity index (χ0n) is 15.9. The number of rotatable bonds is 9. The van der Waals surface area contributed by atoms with Gasteiger partial charge in [0.25, 0.3) is 0 Å². The molecule has 0 unspecified atom stereocenters. The second kappa shape index (κ2) is 11.3. The van der Waals surface area contributed by atoms with Crippen LogP contribution in [-0.4, -0.2) is 57.2 Å². The average molecular weight is 388 g/mol. The highest BCUT2D eigenvalue weighted by molar-refractivity contribution is 5.86. The second-order valence-corrected chi connectivity index (χ2v) is 6.15. The van der Waals surface area contributed by atoms with Gasteiger partial charge >= 0.3 is 6.18 Å². The van der Waals surface area contributed by atoms with Gasteiger partial charge < -0.3 is 20.3 Å². The van der Waals surface area contributed by atoms with E-state index in [4.69, 9.17) is 4.74 Å². The van der Waals surface area contributed by atoms with Gasteiger partial charge in [0.2, 0.25) is 5.91 Å². The molecular weight excluding hydrogens is 361 g/mol. The molecule has 0 aliphatic heterocycles. The average Bonchev–Trinajstić information content (AvgIpc) is 2.62. The fourth-order valence-corrected chi connectivity index (χ4v) is 2.05. The summed E-state index contributed by atoms with van der Waals surface area (Å²) in [4.78, 5) is 17.6. The SMILES string of the molecule is COc1ccc(CN=C(NCCCCC(F)(F)F)NCC(=O)N(C)C)cc1. The molecule has 0 heterocycles. The molecule has 1 aromatic carbocycles. The van der Waals surface area contributed by atoms with Crippen molar-refractivity contribution in [3.8, 4) is 5.75 Å². The van der Waals surface area contributed by atoms with Gasteiger partial charge in [0, 0.05) is 27.1 Å². The smallest absolute Gasteiger partial charge is 0.389 e. The Bertz CT molecular complexity index is 602. The molecule has 9 heteroatoms. The summed E-state index contributed by atoms with van der Waals surface area (Å²) >= 11 is 0. The largest absolute Gasteiger partial charge is 0.497 e. The summed E-state index contributed by atoms with van der Waals surface area (Å²) in [7, 11) is 4.87. The standard InChI is InChI=1S/C18H27F3N4O2/c1-25(2)16(26)13-24-17(22-11-5-4-10-18(19,20)21)23-12-14-6-8-15(27-3)9-7-14/h6-9H,4-5,10-13H2,1-3H3,(H2,22,23,24). The number of nitrogens with one attached hydrogen (secondary N) is 2. The minimum absolute atomic E-state index is 0.0406. The van der Waals surface area contributed by atoms with Crippen molar-refractivity contribution >= 4 is 11.9 Å². The number of methoxy groups -OCH3 is 1. The third-order valence-corrected chi connectivity index (χ3v) is 3.66. The lowest BCUT2D eigenvalue weighted by atomic mass is 10.2. The van der Waals surface area contributed by atoms with Crippen LogP contribution in [0.3, 0.4) is 0 Å². The van der Waals surface area contributed by atoms with Crippen molar-refractivity contribution in [2.24, 2.45) is 4.99 Å². The van der Waals surface area contributed by atoms with E-state index in [1.54, 1.807) is 21.2 Å². The molecule has 6 nitrogen and oxygen atoms in total. The van der Waals surface area contributed by atoms with Gasteiger partial charge in [-0.25, -0.2) is 4.99 Å². The van der Waals surface area contributed by atoms with Crippen LogP contribution in [0, 0.1) is 0 Å². The molecule has 0 spiro atoms. The van der Waals surface area contributed by atoms with Gasteiger partial charge in [0.05, 0.1) is 20.2 Å². The van der Waals surface area contributed by atoms with Gasteiger partial charge in [-0.1, -0.05) is 12.1 Å². The number of nitrogens with zero attached hydrogens (tertiary/aromatic N) is 2. The number of alkyl halides is 3. The first-order valence-corrected chi connectivity index (χ1v) is 8.63. The van der Waals surface area contributed by atoms with Gasteiger partial charge in [-0.2, -0.15) is 13.2 Å². The van der Waals surface area contributed by atoms with E-state index < -0.39 is 12.6 Å². The van der Waals surface area contributed by atoms with E-state index in [0.29, 0.717) is 25.5 Å². The third-order valence-electron chi connectivity index (χ3n) is 3.66. The van der Waals surface area contributed by atoms with Crippen LogP contribution in [0.5, 0.6) is 5.75 Å². The van der Waals surface area contributed by atoms with Crippen molar-refractivity contribution < 1.29 is 22.7 Å². The van der Waals surface area contributed by atoms with Crippen molar-refractivity contribution in [2.45, 2.75) is 32.0 Å².